The fourth-order valence-corrected chi connectivity index (χ4v) is 9.25. The number of hydrogen-bond acceptors (Lipinski definition) is 5. The van der Waals surface area contributed by atoms with Crippen LogP contribution in [0.4, 0.5) is 0 Å². The number of aromatic nitrogens is 4. The molecule has 6 heteroatoms. The largest absolute Gasteiger partial charge is 0.456 e. The van der Waals surface area contributed by atoms with E-state index in [2.05, 4.69) is 180 Å². The van der Waals surface area contributed by atoms with E-state index in [1.165, 1.54) is 16.3 Å². The number of nitrogens with zero attached hydrogens (tertiary/aromatic N) is 4. The van der Waals surface area contributed by atoms with Crippen molar-refractivity contribution in [3.05, 3.63) is 206 Å². The third-order valence-electron chi connectivity index (χ3n) is 12.3. The van der Waals surface area contributed by atoms with Crippen LogP contribution in [-0.2, 0) is 0 Å². The first-order valence-corrected chi connectivity index (χ1v) is 21.1. The van der Waals surface area contributed by atoms with Gasteiger partial charge in [0.25, 0.3) is 0 Å². The molecule has 63 heavy (non-hydrogen) atoms. The van der Waals surface area contributed by atoms with Gasteiger partial charge in [-0.25, -0.2) is 15.0 Å². The van der Waals surface area contributed by atoms with Gasteiger partial charge < -0.3 is 13.4 Å². The molecule has 0 radical (unpaired) electrons. The molecule has 4 aromatic heterocycles. The molecule has 0 aliphatic heterocycles. The number of rotatable bonds is 6. The summed E-state index contributed by atoms with van der Waals surface area (Å²) in [5.74, 6) is 1.68. The molecule has 0 atom stereocenters. The van der Waals surface area contributed by atoms with Crippen LogP contribution in [0.2, 0.25) is 0 Å². The molecule has 6 nitrogen and oxygen atoms in total. The molecule has 13 aromatic rings. The first-order chi connectivity index (χ1) is 31.2. The molecule has 0 aliphatic rings. The lowest BCUT2D eigenvalue weighted by atomic mass is 10.0. The summed E-state index contributed by atoms with van der Waals surface area (Å²) in [7, 11) is 0. The van der Waals surface area contributed by atoms with E-state index < -0.39 is 0 Å². The third-order valence-corrected chi connectivity index (χ3v) is 12.3. The highest BCUT2D eigenvalue weighted by Crippen LogP contribution is 2.41. The molecule has 0 fully saturated rings. The number of fused-ring (bicyclic) bond motifs is 9. The molecule has 9 aromatic carbocycles. The Balaban J connectivity index is 0.959. The highest BCUT2D eigenvalue weighted by molar-refractivity contribution is 6.13. The number of furan rings is 2. The topological polar surface area (TPSA) is 69.9 Å². The fraction of sp³-hybridized carbons (Fsp3) is 0. The average molecular weight is 807 g/mol. The van der Waals surface area contributed by atoms with Gasteiger partial charge in [-0.05, 0) is 77.4 Å². The predicted molar refractivity (Wildman–Crippen MR) is 256 cm³/mol. The van der Waals surface area contributed by atoms with Gasteiger partial charge in [-0.3, -0.25) is 0 Å². The minimum absolute atomic E-state index is 0.548. The molecule has 294 valence electrons. The summed E-state index contributed by atoms with van der Waals surface area (Å²) >= 11 is 0. The molecule has 0 aliphatic carbocycles. The highest BCUT2D eigenvalue weighted by atomic mass is 16.3. The molecule has 13 rings (SSSR count). The minimum atomic E-state index is 0.548. The van der Waals surface area contributed by atoms with Gasteiger partial charge in [-0.15, -0.1) is 0 Å². The standard InChI is InChI=1S/C57H34N4O2/c1-3-13-35(14-4-1)36-15-11-16-38(31-36)55-58-56(39-26-29-46-45-20-8-10-24-51(45)62-52(46)33-39)60-57(59-55)40-27-30-47-48-22-12-21-42(54(48)63-53(47)34-40)37-25-28-44-43-19-7-9-23-49(43)61(50(44)32-37)41-17-5-2-6-18-41/h1-34H. The lowest BCUT2D eigenvalue weighted by Crippen LogP contribution is -2.00. The van der Waals surface area contributed by atoms with Crippen molar-refractivity contribution >= 4 is 65.7 Å². The number of benzene rings is 9. The van der Waals surface area contributed by atoms with Crippen LogP contribution in [0, 0.1) is 0 Å². The highest BCUT2D eigenvalue weighted by Gasteiger charge is 2.19. The van der Waals surface area contributed by atoms with Gasteiger partial charge in [0.15, 0.2) is 17.5 Å². The number of para-hydroxylation sites is 4. The summed E-state index contributed by atoms with van der Waals surface area (Å²) in [5, 5.41) is 6.63. The lowest BCUT2D eigenvalue weighted by Gasteiger charge is -2.10. The number of hydrogen-bond donors (Lipinski definition) is 0. The van der Waals surface area contributed by atoms with Crippen molar-refractivity contribution in [3.63, 3.8) is 0 Å². The Kier molecular flexibility index (Phi) is 7.80. The van der Waals surface area contributed by atoms with Crippen LogP contribution < -0.4 is 0 Å². The lowest BCUT2D eigenvalue weighted by molar-refractivity contribution is 0.669. The monoisotopic (exact) mass is 806 g/mol. The van der Waals surface area contributed by atoms with Gasteiger partial charge >= 0.3 is 0 Å². The van der Waals surface area contributed by atoms with E-state index in [4.69, 9.17) is 23.8 Å². The predicted octanol–water partition coefficient (Wildman–Crippen LogP) is 15.1. The summed E-state index contributed by atoms with van der Waals surface area (Å²) in [5.41, 5.74) is 13.5. The molecular formula is C57H34N4O2. The molecule has 0 unspecified atom stereocenters. The minimum Gasteiger partial charge on any atom is -0.456 e. The van der Waals surface area contributed by atoms with E-state index in [-0.39, 0.29) is 0 Å². The van der Waals surface area contributed by atoms with Crippen LogP contribution in [-0.4, -0.2) is 19.5 Å². The third kappa shape index (κ3) is 5.76. The smallest absolute Gasteiger partial charge is 0.164 e. The molecular weight excluding hydrogens is 773 g/mol. The van der Waals surface area contributed by atoms with Crippen LogP contribution in [0.15, 0.2) is 215 Å². The second-order valence-corrected chi connectivity index (χ2v) is 16.0. The second-order valence-electron chi connectivity index (χ2n) is 16.0. The van der Waals surface area contributed by atoms with Gasteiger partial charge in [-0.2, -0.15) is 0 Å². The van der Waals surface area contributed by atoms with Crippen LogP contribution in [0.1, 0.15) is 0 Å². The Hall–Kier alpha value is -8.61. The first kappa shape index (κ1) is 35.2. The van der Waals surface area contributed by atoms with E-state index in [9.17, 15) is 0 Å². The van der Waals surface area contributed by atoms with Gasteiger partial charge in [0, 0.05) is 60.3 Å². The molecule has 0 amide bonds. The first-order valence-electron chi connectivity index (χ1n) is 21.1. The SMILES string of the molecule is c1ccc(-c2cccc(-c3nc(-c4ccc5c(c4)oc4ccccc45)nc(-c4ccc5c(c4)oc4c(-c6ccc7c8ccccc8n(-c8ccccc8)c7c6)cccc45)n3)c2)cc1. The van der Waals surface area contributed by atoms with Crippen molar-refractivity contribution in [1.82, 2.24) is 19.5 Å². The Morgan fingerprint density at radius 1 is 0.302 bits per heavy atom. The summed E-state index contributed by atoms with van der Waals surface area (Å²) in [6, 6.07) is 71.6. The van der Waals surface area contributed by atoms with E-state index in [0.717, 1.165) is 94.0 Å². The van der Waals surface area contributed by atoms with Gasteiger partial charge in [0.1, 0.15) is 22.3 Å². The average Bonchev–Trinajstić information content (AvgIpc) is 4.03. The molecule has 0 saturated heterocycles. The molecule has 0 spiro atoms. The van der Waals surface area contributed by atoms with E-state index in [1.54, 1.807) is 0 Å². The maximum atomic E-state index is 6.87. The summed E-state index contributed by atoms with van der Waals surface area (Å²) in [6.07, 6.45) is 0. The van der Waals surface area contributed by atoms with Gasteiger partial charge in [-0.1, -0.05) is 146 Å². The van der Waals surface area contributed by atoms with Crippen molar-refractivity contribution in [2.75, 3.05) is 0 Å². The normalized spacial score (nSPS) is 11.8. The zero-order valence-corrected chi connectivity index (χ0v) is 33.7. The van der Waals surface area contributed by atoms with Crippen molar-refractivity contribution in [2.24, 2.45) is 0 Å². The van der Waals surface area contributed by atoms with Crippen molar-refractivity contribution < 1.29 is 8.83 Å². The Bertz CT molecular complexity index is 3920. The summed E-state index contributed by atoms with van der Waals surface area (Å²) < 4.78 is 15.5. The molecule has 0 saturated carbocycles. The van der Waals surface area contributed by atoms with Crippen molar-refractivity contribution in [1.29, 1.82) is 0 Å². The maximum Gasteiger partial charge on any atom is 0.164 e. The zero-order valence-electron chi connectivity index (χ0n) is 33.7. The maximum absolute atomic E-state index is 6.87. The van der Waals surface area contributed by atoms with Gasteiger partial charge in [0.2, 0.25) is 0 Å². The van der Waals surface area contributed by atoms with E-state index in [0.29, 0.717) is 17.5 Å². The van der Waals surface area contributed by atoms with Crippen LogP contribution >= 0.6 is 0 Å². The Morgan fingerprint density at radius 3 is 1.60 bits per heavy atom. The fourth-order valence-electron chi connectivity index (χ4n) is 9.25. The molecule has 4 heterocycles. The van der Waals surface area contributed by atoms with E-state index in [1.807, 2.05) is 30.3 Å². The quantitative estimate of drug-likeness (QED) is 0.167. The van der Waals surface area contributed by atoms with Crippen LogP contribution in [0.3, 0.4) is 0 Å². The summed E-state index contributed by atoms with van der Waals surface area (Å²) in [6.45, 7) is 0. The Labute approximate surface area is 361 Å². The zero-order chi connectivity index (χ0) is 41.4. The van der Waals surface area contributed by atoms with Crippen LogP contribution in [0.5, 0.6) is 0 Å². The van der Waals surface area contributed by atoms with Crippen molar-refractivity contribution in [3.8, 4) is 62.1 Å². The van der Waals surface area contributed by atoms with E-state index >= 15 is 0 Å². The molecule has 0 bridgehead atoms. The van der Waals surface area contributed by atoms with Crippen molar-refractivity contribution in [2.45, 2.75) is 0 Å². The van der Waals surface area contributed by atoms with Gasteiger partial charge in [0.05, 0.1) is 11.0 Å². The summed E-state index contributed by atoms with van der Waals surface area (Å²) in [4.78, 5) is 15.4. The molecule has 0 N–H and O–H groups in total. The Morgan fingerprint density at radius 2 is 0.825 bits per heavy atom. The second kappa shape index (κ2) is 14.0. The van der Waals surface area contributed by atoms with Crippen LogP contribution in [0.25, 0.3) is 128 Å².